The zero-order chi connectivity index (χ0) is 18.4. The predicted molar refractivity (Wildman–Crippen MR) is 106 cm³/mol. The van der Waals surface area contributed by atoms with Gasteiger partial charge in [0.25, 0.3) is 0 Å². The molecule has 3 rings (SSSR count). The monoisotopic (exact) mass is 338 g/mol. The number of aromatic carboxylic acids is 1. The van der Waals surface area contributed by atoms with Gasteiger partial charge >= 0.3 is 5.97 Å². The second-order valence-electron chi connectivity index (χ2n) is 5.89. The van der Waals surface area contributed by atoms with Gasteiger partial charge in [-0.1, -0.05) is 60.4 Å². The summed E-state index contributed by atoms with van der Waals surface area (Å²) in [6.07, 6.45) is 3.82. The third-order valence-electron chi connectivity index (χ3n) is 4.09. The summed E-state index contributed by atoms with van der Waals surface area (Å²) in [4.78, 5) is 10.9. The lowest BCUT2D eigenvalue weighted by atomic mass is 9.96. The Morgan fingerprint density at radius 1 is 0.885 bits per heavy atom. The van der Waals surface area contributed by atoms with Gasteiger partial charge in [-0.3, -0.25) is 0 Å². The van der Waals surface area contributed by atoms with E-state index in [2.05, 4.69) is 43.0 Å². The van der Waals surface area contributed by atoms with Gasteiger partial charge in [0.2, 0.25) is 0 Å². The van der Waals surface area contributed by atoms with Crippen LogP contribution in [0.2, 0.25) is 0 Å². The fraction of sp³-hybridized carbons (Fsp3) is 0.0417. The average molecular weight is 338 g/mol. The van der Waals surface area contributed by atoms with Crippen molar-refractivity contribution in [1.82, 2.24) is 0 Å². The largest absolute Gasteiger partial charge is 0.478 e. The van der Waals surface area contributed by atoms with Crippen molar-refractivity contribution in [1.29, 1.82) is 0 Å². The van der Waals surface area contributed by atoms with Gasteiger partial charge in [0.15, 0.2) is 0 Å². The van der Waals surface area contributed by atoms with Crippen molar-refractivity contribution in [2.24, 2.45) is 0 Å². The zero-order valence-electron chi connectivity index (χ0n) is 14.4. The van der Waals surface area contributed by atoms with E-state index in [1.165, 1.54) is 16.7 Å². The molecule has 26 heavy (non-hydrogen) atoms. The van der Waals surface area contributed by atoms with Gasteiger partial charge in [-0.25, -0.2) is 4.79 Å². The Balaban J connectivity index is 1.82. The molecule has 0 saturated heterocycles. The smallest absolute Gasteiger partial charge is 0.335 e. The SMILES string of the molecule is Cc1ccccc1-c1ccccc1C=CC#Cc1ccc(C(=O)O)cc1. The summed E-state index contributed by atoms with van der Waals surface area (Å²) >= 11 is 0. The Hall–Kier alpha value is -3.57. The molecule has 126 valence electrons. The topological polar surface area (TPSA) is 37.3 Å². The van der Waals surface area contributed by atoms with Crippen LogP contribution in [0.15, 0.2) is 78.9 Å². The van der Waals surface area contributed by atoms with E-state index < -0.39 is 5.97 Å². The Bertz CT molecular complexity index is 1020. The average Bonchev–Trinajstić information content (AvgIpc) is 2.66. The number of carboxylic acids is 1. The molecule has 0 heterocycles. The first kappa shape index (κ1) is 17.3. The highest BCUT2D eigenvalue weighted by Crippen LogP contribution is 2.27. The molecule has 0 unspecified atom stereocenters. The van der Waals surface area contributed by atoms with E-state index in [1.54, 1.807) is 24.3 Å². The van der Waals surface area contributed by atoms with Gasteiger partial charge in [-0.15, -0.1) is 0 Å². The first-order valence-corrected chi connectivity index (χ1v) is 8.31. The quantitative estimate of drug-likeness (QED) is 0.647. The molecule has 3 aromatic carbocycles. The highest BCUT2D eigenvalue weighted by Gasteiger charge is 2.04. The van der Waals surface area contributed by atoms with E-state index in [9.17, 15) is 4.79 Å². The molecule has 0 aliphatic heterocycles. The molecule has 0 radical (unpaired) electrons. The predicted octanol–water partition coefficient (Wildman–Crippen LogP) is 5.43. The van der Waals surface area contributed by atoms with Crippen molar-refractivity contribution in [3.8, 4) is 23.0 Å². The maximum atomic E-state index is 10.9. The van der Waals surface area contributed by atoms with Gasteiger partial charge in [0.1, 0.15) is 0 Å². The second kappa shape index (κ2) is 8.00. The molecule has 2 heteroatoms. The Labute approximate surface area is 153 Å². The number of allylic oxidation sites excluding steroid dienone is 1. The molecule has 0 aliphatic carbocycles. The first-order valence-electron chi connectivity index (χ1n) is 8.31. The number of hydrogen-bond donors (Lipinski definition) is 1. The van der Waals surface area contributed by atoms with Crippen molar-refractivity contribution in [3.63, 3.8) is 0 Å². The molecule has 0 fully saturated rings. The third-order valence-corrected chi connectivity index (χ3v) is 4.09. The summed E-state index contributed by atoms with van der Waals surface area (Å²) in [5.41, 5.74) is 5.78. The minimum absolute atomic E-state index is 0.262. The molecule has 1 N–H and O–H groups in total. The Kier molecular flexibility index (Phi) is 5.31. The third kappa shape index (κ3) is 4.09. The van der Waals surface area contributed by atoms with Crippen LogP contribution in [-0.4, -0.2) is 11.1 Å². The van der Waals surface area contributed by atoms with Crippen molar-refractivity contribution in [3.05, 3.63) is 101 Å². The number of rotatable bonds is 3. The highest BCUT2D eigenvalue weighted by atomic mass is 16.4. The standard InChI is InChI=1S/C24H18O2/c1-18-8-2-6-12-22(18)23-13-7-5-11-20(23)10-4-3-9-19-14-16-21(17-15-19)24(25)26/h2,4-8,10-17H,1H3,(H,25,26). The van der Waals surface area contributed by atoms with Crippen LogP contribution in [0.3, 0.4) is 0 Å². The second-order valence-corrected chi connectivity index (χ2v) is 5.89. The van der Waals surface area contributed by atoms with Crippen molar-refractivity contribution < 1.29 is 9.90 Å². The fourth-order valence-electron chi connectivity index (χ4n) is 2.72. The van der Waals surface area contributed by atoms with Gasteiger partial charge in [0, 0.05) is 5.56 Å². The number of aryl methyl sites for hydroxylation is 1. The van der Waals surface area contributed by atoms with E-state index in [1.807, 2.05) is 36.4 Å². The van der Waals surface area contributed by atoms with Crippen molar-refractivity contribution in [2.75, 3.05) is 0 Å². The minimum Gasteiger partial charge on any atom is -0.478 e. The fourth-order valence-corrected chi connectivity index (χ4v) is 2.72. The molecular weight excluding hydrogens is 320 g/mol. The summed E-state index contributed by atoms with van der Waals surface area (Å²) in [6, 6.07) is 23.1. The molecule has 0 bridgehead atoms. The van der Waals surface area contributed by atoms with Crippen LogP contribution < -0.4 is 0 Å². The van der Waals surface area contributed by atoms with E-state index >= 15 is 0 Å². The van der Waals surface area contributed by atoms with Gasteiger partial charge in [-0.2, -0.15) is 0 Å². The summed E-state index contributed by atoms with van der Waals surface area (Å²) < 4.78 is 0. The lowest BCUT2D eigenvalue weighted by Gasteiger charge is -2.08. The summed E-state index contributed by atoms with van der Waals surface area (Å²) in [5.74, 6) is 5.10. The normalized spacial score (nSPS) is 10.3. The summed E-state index contributed by atoms with van der Waals surface area (Å²) in [6.45, 7) is 2.11. The highest BCUT2D eigenvalue weighted by molar-refractivity contribution is 5.87. The van der Waals surface area contributed by atoms with Gasteiger partial charge < -0.3 is 5.11 Å². The molecular formula is C24H18O2. The number of carbonyl (C=O) groups is 1. The maximum Gasteiger partial charge on any atom is 0.335 e. The maximum absolute atomic E-state index is 10.9. The van der Waals surface area contributed by atoms with E-state index in [4.69, 9.17) is 5.11 Å². The molecule has 3 aromatic rings. The Morgan fingerprint density at radius 3 is 2.23 bits per heavy atom. The molecule has 2 nitrogen and oxygen atoms in total. The zero-order valence-corrected chi connectivity index (χ0v) is 14.4. The van der Waals surface area contributed by atoms with Crippen LogP contribution in [0.4, 0.5) is 0 Å². The molecule has 0 spiro atoms. The number of hydrogen-bond acceptors (Lipinski definition) is 1. The van der Waals surface area contributed by atoms with E-state index in [0.29, 0.717) is 0 Å². The summed E-state index contributed by atoms with van der Waals surface area (Å²) in [7, 11) is 0. The van der Waals surface area contributed by atoms with Crippen LogP contribution >= 0.6 is 0 Å². The number of carboxylic acid groups (broad SMARTS) is 1. The van der Waals surface area contributed by atoms with Crippen LogP contribution in [-0.2, 0) is 0 Å². The van der Waals surface area contributed by atoms with E-state index in [0.717, 1.165) is 11.1 Å². The van der Waals surface area contributed by atoms with Crippen molar-refractivity contribution in [2.45, 2.75) is 6.92 Å². The lowest BCUT2D eigenvalue weighted by molar-refractivity contribution is 0.0697. The Morgan fingerprint density at radius 2 is 1.54 bits per heavy atom. The van der Waals surface area contributed by atoms with Crippen LogP contribution in [0.25, 0.3) is 17.2 Å². The molecule has 0 aromatic heterocycles. The van der Waals surface area contributed by atoms with Gasteiger partial charge in [-0.05, 0) is 65.6 Å². The minimum atomic E-state index is -0.933. The molecule has 0 amide bonds. The summed E-state index contributed by atoms with van der Waals surface area (Å²) in [5, 5.41) is 8.91. The van der Waals surface area contributed by atoms with Gasteiger partial charge in [0.05, 0.1) is 5.56 Å². The first-order chi connectivity index (χ1) is 12.6. The molecule has 0 atom stereocenters. The van der Waals surface area contributed by atoms with Crippen molar-refractivity contribution >= 4 is 12.0 Å². The van der Waals surface area contributed by atoms with Crippen LogP contribution in [0, 0.1) is 18.8 Å². The lowest BCUT2D eigenvalue weighted by Crippen LogP contribution is -1.94. The number of benzene rings is 3. The van der Waals surface area contributed by atoms with E-state index in [-0.39, 0.29) is 5.56 Å². The van der Waals surface area contributed by atoms with Crippen LogP contribution in [0.5, 0.6) is 0 Å². The molecule has 0 saturated carbocycles. The van der Waals surface area contributed by atoms with Crippen LogP contribution in [0.1, 0.15) is 27.0 Å². The molecule has 0 aliphatic rings.